The van der Waals surface area contributed by atoms with Crippen molar-refractivity contribution in [2.45, 2.75) is 195 Å². The number of aldehydes is 8. The zero-order valence-corrected chi connectivity index (χ0v) is 56.5. The van der Waals surface area contributed by atoms with Crippen LogP contribution in [0.4, 0.5) is 0 Å². The van der Waals surface area contributed by atoms with Crippen LogP contribution in [0.1, 0.15) is 0 Å². The molecule has 32 atom stereocenters. The van der Waals surface area contributed by atoms with Crippen molar-refractivity contribution in [2.24, 2.45) is 0 Å². The molecule has 1 rings (SSSR count). The smallest absolute Gasteiger partial charge is 0.394 e. The lowest BCUT2D eigenvalue weighted by molar-refractivity contribution is -0.136. The van der Waals surface area contributed by atoms with Crippen LogP contribution in [0.5, 0.6) is 0 Å². The summed E-state index contributed by atoms with van der Waals surface area (Å²) in [4.78, 5) is 121. The number of aliphatic hydroxyl groups is 40. The molecule has 108 heavy (non-hydrogen) atoms. The van der Waals surface area contributed by atoms with Crippen LogP contribution in [0.15, 0.2) is 12.2 Å². The van der Waals surface area contributed by atoms with Crippen LogP contribution in [0.3, 0.4) is 0 Å². The van der Waals surface area contributed by atoms with E-state index in [1.165, 1.54) is 12.2 Å². The van der Waals surface area contributed by atoms with Gasteiger partial charge < -0.3 is 257 Å². The highest BCUT2D eigenvalue weighted by Crippen LogP contribution is 2.26. The molecule has 56 heteroatoms. The molecule has 0 unspecified atom stereocenters. The number of aliphatic hydroxyl groups excluding tert-OH is 40. The third-order valence-electron chi connectivity index (χ3n) is 12.0. The molecule has 2 amide bonds. The van der Waals surface area contributed by atoms with E-state index in [0.717, 1.165) is 0 Å². The second-order valence-electron chi connectivity index (χ2n) is 20.6. The molecule has 0 radical (unpaired) electrons. The molecule has 0 aromatic rings. The average molecular weight is 1640 g/mol. The van der Waals surface area contributed by atoms with Gasteiger partial charge in [-0.2, -0.15) is 0 Å². The fraction of sp³-hybridized carbons (Fsp3) is 0.769. The van der Waals surface area contributed by atoms with E-state index >= 15 is 0 Å². The zero-order valence-electron chi connectivity index (χ0n) is 55.6. The number of phosphoric acid groups is 1. The normalized spacial score (nSPS) is 20.4. The molecule has 1 aliphatic rings. The third kappa shape index (κ3) is 57.8. The minimum absolute atomic E-state index is 0.0258. The summed E-state index contributed by atoms with van der Waals surface area (Å²) in [6.45, 7) is -6.08. The van der Waals surface area contributed by atoms with Gasteiger partial charge in [-0.3, -0.25) is 14.9 Å². The quantitative estimate of drug-likeness (QED) is 0.0154. The Hall–Kier alpha value is -5.25. The monoisotopic (exact) mass is 1640 g/mol. The summed E-state index contributed by atoms with van der Waals surface area (Å²) in [6, 6.07) is 0. The first-order valence-electron chi connectivity index (χ1n) is 29.2. The number of imide groups is 1. The molecule has 0 aromatic heterocycles. The molecule has 0 aromatic carbocycles. The first kappa shape index (κ1) is 121. The Balaban J connectivity index is -0.000000145. The molecule has 1 aliphatic heterocycles. The molecule has 0 saturated heterocycles. The Bertz CT molecular complexity index is 1950. The van der Waals surface area contributed by atoms with Crippen molar-refractivity contribution in [3.05, 3.63) is 12.2 Å². The second kappa shape index (κ2) is 69.7. The van der Waals surface area contributed by atoms with Crippen LogP contribution in [-0.2, 0) is 52.5 Å². The van der Waals surface area contributed by atoms with Gasteiger partial charge >= 0.3 is 7.82 Å². The van der Waals surface area contributed by atoms with Crippen LogP contribution < -0.4 is 5.32 Å². The summed E-state index contributed by atoms with van der Waals surface area (Å²) in [5.41, 5.74) is 0. The maximum Gasteiger partial charge on any atom is 0.466 e. The van der Waals surface area contributed by atoms with Crippen molar-refractivity contribution in [3.8, 4) is 0 Å². The number of carbonyl (C=O) groups is 10. The number of hydrogen-bond acceptors (Lipinski definition) is 51. The van der Waals surface area contributed by atoms with Gasteiger partial charge in [0.2, 0.25) is 0 Å². The van der Waals surface area contributed by atoms with Gasteiger partial charge in [0.05, 0.1) is 52.9 Å². The van der Waals surface area contributed by atoms with Crippen LogP contribution in [-0.4, -0.2) is 529 Å². The maximum absolute atomic E-state index is 10.0. The number of amides is 2. The number of hydrogen-bond donors (Lipinski definition) is 44. The standard InChI is InChI=1S/8C6H12O6.C4H3NO2.H3O4P/c8*7-1-3(9)5(11)6(12)4(10)2-8;6-3-1-2-4(7)5-3;1-5(2,3)4/h8*1,3-6,8-12H,2H2;1-2H,(H,5,6,7);(H3,1,2,3,4)/t8*3-,4-,5-,6-;;/m11111111../s1. The highest BCUT2D eigenvalue weighted by Gasteiger charge is 2.35. The van der Waals surface area contributed by atoms with Crippen molar-refractivity contribution in [1.29, 1.82) is 0 Å². The summed E-state index contributed by atoms with van der Waals surface area (Å²) in [7, 11) is -4.64. The molecule has 0 bridgehead atoms. The van der Waals surface area contributed by atoms with E-state index in [2.05, 4.69) is 0 Å². The number of carbonyl (C=O) groups excluding carboxylic acids is 10. The predicted octanol–water partition coefficient (Wildman–Crippen LogP) is -28.8. The molecular formula is C52H102NO54P. The van der Waals surface area contributed by atoms with E-state index < -0.39 is 256 Å². The molecule has 44 N–H and O–H groups in total. The molecule has 0 spiro atoms. The number of nitrogens with one attached hydrogen (secondary N) is 1. The lowest BCUT2D eigenvalue weighted by Crippen LogP contribution is -2.46. The van der Waals surface area contributed by atoms with Gasteiger partial charge in [-0.15, -0.1) is 0 Å². The average Bonchev–Trinajstić information content (AvgIpc) is 1.15. The summed E-state index contributed by atoms with van der Waals surface area (Å²) in [6.07, 6.45) is -52.3. The SMILES string of the molecule is O=C1C=CC(=O)N1.O=C[C@@H](O)[C@@H](O)[C@H](O)[C@H](O)CO.O=C[C@@H](O)[C@@H](O)[C@H](O)[C@H](O)CO.O=C[C@@H](O)[C@@H](O)[C@H](O)[C@H](O)CO.O=C[C@@H](O)[C@@H](O)[C@H](O)[C@H](O)CO.O=C[C@@H](O)[C@@H](O)[C@H](O)[C@H](O)CO.O=C[C@@H](O)[C@@H](O)[C@H](O)[C@H](O)CO.O=C[C@@H](O)[C@@H](O)[C@H](O)[C@H](O)CO.O=C[C@@H](O)[C@@H](O)[C@H](O)[C@H](O)CO.O=P(O)(O)O. The summed E-state index contributed by atoms with van der Waals surface area (Å²) in [5.74, 6) is -0.657. The van der Waals surface area contributed by atoms with Gasteiger partial charge in [0.1, 0.15) is 195 Å². The van der Waals surface area contributed by atoms with Crippen LogP contribution in [0, 0.1) is 0 Å². The third-order valence-corrected chi connectivity index (χ3v) is 12.0. The van der Waals surface area contributed by atoms with E-state index in [1.54, 1.807) is 0 Å². The minimum Gasteiger partial charge on any atom is -0.394 e. The Labute approximate surface area is 606 Å². The largest absolute Gasteiger partial charge is 0.466 e. The molecule has 0 aliphatic carbocycles. The molecule has 0 saturated carbocycles. The van der Waals surface area contributed by atoms with Gasteiger partial charge in [0, 0.05) is 12.2 Å². The fourth-order valence-electron chi connectivity index (χ4n) is 5.30. The maximum atomic E-state index is 10.0. The Morgan fingerprint density at radius 1 is 0.222 bits per heavy atom. The van der Waals surface area contributed by atoms with Crippen LogP contribution >= 0.6 is 7.82 Å². The lowest BCUT2D eigenvalue weighted by atomic mass is 10.0. The molecule has 1 heterocycles. The molecule has 55 nitrogen and oxygen atoms in total. The van der Waals surface area contributed by atoms with Crippen molar-refractivity contribution in [1.82, 2.24) is 5.32 Å². The summed E-state index contributed by atoms with van der Waals surface area (Å²) in [5, 5.41) is 350. The number of rotatable bonds is 40. The van der Waals surface area contributed by atoms with Gasteiger partial charge in [-0.25, -0.2) is 4.57 Å². The van der Waals surface area contributed by atoms with E-state index in [9.17, 15) is 47.9 Å². The van der Waals surface area contributed by atoms with Crippen molar-refractivity contribution in [2.75, 3.05) is 52.9 Å². The molecule has 0 fully saturated rings. The van der Waals surface area contributed by atoms with Gasteiger partial charge in [-0.05, 0) is 0 Å². The lowest BCUT2D eigenvalue weighted by Gasteiger charge is -2.22. The van der Waals surface area contributed by atoms with Crippen molar-refractivity contribution >= 4 is 69.9 Å². The van der Waals surface area contributed by atoms with Crippen molar-refractivity contribution in [3.63, 3.8) is 0 Å². The summed E-state index contributed by atoms with van der Waals surface area (Å²) >= 11 is 0. The van der Waals surface area contributed by atoms with Crippen LogP contribution in [0.2, 0.25) is 0 Å². The first-order chi connectivity index (χ1) is 49.6. The Morgan fingerprint density at radius 3 is 0.352 bits per heavy atom. The van der Waals surface area contributed by atoms with E-state index in [0.29, 0.717) is 0 Å². The van der Waals surface area contributed by atoms with Crippen molar-refractivity contribution < 1.29 is 271 Å². The minimum atomic E-state index is -4.64. The summed E-state index contributed by atoms with van der Waals surface area (Å²) < 4.78 is 8.88. The highest BCUT2D eigenvalue weighted by atomic mass is 31.2. The molecular weight excluding hydrogens is 1530 g/mol. The predicted molar refractivity (Wildman–Crippen MR) is 334 cm³/mol. The van der Waals surface area contributed by atoms with E-state index in [-0.39, 0.29) is 62.1 Å². The zero-order chi connectivity index (χ0) is 87.6. The van der Waals surface area contributed by atoms with Gasteiger partial charge in [0.15, 0.2) is 50.3 Å². The second-order valence-corrected chi connectivity index (χ2v) is 21.6. The van der Waals surface area contributed by atoms with Crippen LogP contribution in [0.25, 0.3) is 0 Å². The first-order valence-corrected chi connectivity index (χ1v) is 30.8. The Morgan fingerprint density at radius 2 is 0.306 bits per heavy atom. The van der Waals surface area contributed by atoms with Gasteiger partial charge in [-0.1, -0.05) is 0 Å². The fourth-order valence-corrected chi connectivity index (χ4v) is 5.30. The molecule has 644 valence electrons. The topological polar surface area (TPSA) is 1070 Å². The van der Waals surface area contributed by atoms with E-state index in [1.807, 2.05) is 5.32 Å². The van der Waals surface area contributed by atoms with E-state index in [4.69, 9.17) is 224 Å². The highest BCUT2D eigenvalue weighted by molar-refractivity contribution is 7.45. The van der Waals surface area contributed by atoms with Gasteiger partial charge in [0.25, 0.3) is 11.8 Å². The Kier molecular flexibility index (Phi) is 78.1.